The van der Waals surface area contributed by atoms with Crippen molar-refractivity contribution in [1.82, 2.24) is 9.97 Å². The first kappa shape index (κ1) is 20.4. The molecule has 0 saturated heterocycles. The molecule has 2 aromatic heterocycles. The zero-order valence-electron chi connectivity index (χ0n) is 16.3. The van der Waals surface area contributed by atoms with Gasteiger partial charge < -0.3 is 14.8 Å². The molecule has 3 rings (SSSR count). The number of fused-ring (bicyclic) bond motifs is 1. The van der Waals surface area contributed by atoms with Crippen molar-refractivity contribution >= 4 is 44.9 Å². The smallest absolute Gasteiger partial charge is 0.238 e. The summed E-state index contributed by atoms with van der Waals surface area (Å²) in [6.07, 6.45) is 3.19. The van der Waals surface area contributed by atoms with Crippen molar-refractivity contribution in [3.63, 3.8) is 0 Å². The predicted octanol–water partition coefficient (Wildman–Crippen LogP) is 4.78. The zero-order valence-corrected chi connectivity index (χ0v) is 17.9. The summed E-state index contributed by atoms with van der Waals surface area (Å²) < 4.78 is 10.6. The summed E-state index contributed by atoms with van der Waals surface area (Å²) >= 11 is 3.13. The Bertz CT molecular complexity index is 974. The number of thiophene rings is 1. The number of rotatable bonds is 8. The number of nitrogens with one attached hydrogen (secondary N) is 1. The molecule has 1 atom stereocenters. The minimum atomic E-state index is -0.293. The second-order valence-corrected chi connectivity index (χ2v) is 8.34. The molecule has 6 nitrogen and oxygen atoms in total. The molecule has 3 aromatic rings. The van der Waals surface area contributed by atoms with E-state index < -0.39 is 0 Å². The average molecular weight is 418 g/mol. The van der Waals surface area contributed by atoms with E-state index in [-0.39, 0.29) is 11.2 Å². The predicted molar refractivity (Wildman–Crippen MR) is 115 cm³/mol. The van der Waals surface area contributed by atoms with Gasteiger partial charge in [0.25, 0.3) is 0 Å². The van der Waals surface area contributed by atoms with E-state index in [0.29, 0.717) is 23.6 Å². The highest BCUT2D eigenvalue weighted by Crippen LogP contribution is 2.35. The maximum absolute atomic E-state index is 12.9. The van der Waals surface area contributed by atoms with Gasteiger partial charge in [-0.3, -0.25) is 4.79 Å². The number of carbonyl (C=O) groups excluding carboxylic acids is 1. The minimum absolute atomic E-state index is 0.100. The van der Waals surface area contributed by atoms with Gasteiger partial charge in [-0.05, 0) is 31.0 Å². The lowest BCUT2D eigenvalue weighted by Gasteiger charge is -2.16. The van der Waals surface area contributed by atoms with Crippen LogP contribution in [-0.2, 0) is 11.2 Å². The Morgan fingerprint density at radius 2 is 2.04 bits per heavy atom. The van der Waals surface area contributed by atoms with E-state index in [2.05, 4.69) is 28.3 Å². The van der Waals surface area contributed by atoms with Crippen molar-refractivity contribution in [2.75, 3.05) is 19.5 Å². The summed E-state index contributed by atoms with van der Waals surface area (Å²) in [5.74, 6) is 1.14. The van der Waals surface area contributed by atoms with Crippen LogP contribution in [0.15, 0.2) is 35.6 Å². The van der Waals surface area contributed by atoms with E-state index in [4.69, 9.17) is 9.47 Å². The molecule has 0 bridgehead atoms. The minimum Gasteiger partial charge on any atom is -0.497 e. The molecule has 1 N–H and O–H groups in total. The van der Waals surface area contributed by atoms with Crippen LogP contribution < -0.4 is 14.8 Å². The van der Waals surface area contributed by atoms with Gasteiger partial charge in [-0.2, -0.15) is 0 Å². The molecule has 0 aliphatic carbocycles. The highest BCUT2D eigenvalue weighted by atomic mass is 32.2. The molecule has 0 radical (unpaired) electrons. The molecule has 0 aliphatic rings. The molecule has 1 aromatic carbocycles. The fourth-order valence-corrected chi connectivity index (χ4v) is 4.73. The Hall–Kier alpha value is -2.32. The lowest BCUT2D eigenvalue weighted by molar-refractivity contribution is -0.115. The van der Waals surface area contributed by atoms with Crippen LogP contribution >= 0.6 is 23.1 Å². The Kier molecular flexibility index (Phi) is 6.74. The van der Waals surface area contributed by atoms with Crippen LogP contribution in [0.4, 0.5) is 5.69 Å². The zero-order chi connectivity index (χ0) is 20.1. The topological polar surface area (TPSA) is 73.3 Å². The number of ether oxygens (including phenoxy) is 2. The largest absolute Gasteiger partial charge is 0.497 e. The SMILES string of the molecule is CCc1cc2c(SC(CC)C(=O)Nc3cc(OC)ccc3OC)ncnc2s1. The van der Waals surface area contributed by atoms with E-state index in [9.17, 15) is 4.79 Å². The van der Waals surface area contributed by atoms with Crippen LogP contribution in [0.3, 0.4) is 0 Å². The van der Waals surface area contributed by atoms with Gasteiger partial charge in [0.15, 0.2) is 0 Å². The van der Waals surface area contributed by atoms with Crippen molar-refractivity contribution in [2.45, 2.75) is 37.0 Å². The van der Waals surface area contributed by atoms with Gasteiger partial charge in [0.05, 0.1) is 25.2 Å². The third-order valence-corrected chi connectivity index (χ3v) is 6.84. The summed E-state index contributed by atoms with van der Waals surface area (Å²) in [7, 11) is 3.16. The van der Waals surface area contributed by atoms with Crippen molar-refractivity contribution in [1.29, 1.82) is 0 Å². The number of hydrogen-bond donors (Lipinski definition) is 1. The van der Waals surface area contributed by atoms with Gasteiger partial charge in [0, 0.05) is 16.3 Å². The van der Waals surface area contributed by atoms with Crippen LogP contribution in [0.25, 0.3) is 10.2 Å². The van der Waals surface area contributed by atoms with Gasteiger partial charge in [-0.25, -0.2) is 9.97 Å². The molecule has 0 aliphatic heterocycles. The Morgan fingerprint density at radius 3 is 2.71 bits per heavy atom. The van der Waals surface area contributed by atoms with Crippen LogP contribution in [-0.4, -0.2) is 35.3 Å². The first-order valence-electron chi connectivity index (χ1n) is 9.02. The normalized spacial score (nSPS) is 12.0. The molecule has 0 saturated carbocycles. The number of thioether (sulfide) groups is 1. The van der Waals surface area contributed by atoms with Crippen LogP contribution in [0.2, 0.25) is 0 Å². The van der Waals surface area contributed by atoms with Gasteiger partial charge >= 0.3 is 0 Å². The summed E-state index contributed by atoms with van der Waals surface area (Å²) in [5.41, 5.74) is 0.586. The number of carbonyl (C=O) groups is 1. The molecular formula is C20H23N3O3S2. The summed E-state index contributed by atoms with van der Waals surface area (Å²) in [6.45, 7) is 4.11. The number of nitrogens with zero attached hydrogens (tertiary/aromatic N) is 2. The standard InChI is InChI=1S/C20H23N3O3S2/c1-5-13-10-14-19(27-13)21-11-22-20(14)28-17(6-2)18(24)23-15-9-12(25-3)7-8-16(15)26-4/h7-11,17H,5-6H2,1-4H3,(H,23,24). The molecule has 2 heterocycles. The van der Waals surface area contributed by atoms with E-state index in [1.807, 2.05) is 6.92 Å². The summed E-state index contributed by atoms with van der Waals surface area (Å²) in [4.78, 5) is 23.9. The maximum Gasteiger partial charge on any atom is 0.238 e. The average Bonchev–Trinajstić information content (AvgIpc) is 3.16. The Morgan fingerprint density at radius 1 is 1.21 bits per heavy atom. The third-order valence-electron chi connectivity index (χ3n) is 4.27. The fraction of sp³-hybridized carbons (Fsp3) is 0.350. The van der Waals surface area contributed by atoms with Crippen LogP contribution in [0.5, 0.6) is 11.5 Å². The fourth-order valence-electron chi connectivity index (χ4n) is 2.73. The van der Waals surface area contributed by atoms with Gasteiger partial charge in [0.2, 0.25) is 5.91 Å². The van der Waals surface area contributed by atoms with E-state index in [0.717, 1.165) is 21.7 Å². The van der Waals surface area contributed by atoms with Gasteiger partial charge in [0.1, 0.15) is 27.7 Å². The maximum atomic E-state index is 12.9. The van der Waals surface area contributed by atoms with Crippen LogP contribution in [0, 0.1) is 0 Å². The second kappa shape index (κ2) is 9.25. The van der Waals surface area contributed by atoms with E-state index in [1.54, 1.807) is 50.1 Å². The number of anilines is 1. The number of methoxy groups -OCH3 is 2. The highest BCUT2D eigenvalue weighted by Gasteiger charge is 2.22. The van der Waals surface area contributed by atoms with E-state index in [1.165, 1.54) is 16.6 Å². The van der Waals surface area contributed by atoms with Crippen molar-refractivity contribution in [3.8, 4) is 11.5 Å². The molecule has 148 valence electrons. The molecule has 28 heavy (non-hydrogen) atoms. The van der Waals surface area contributed by atoms with Crippen LogP contribution in [0.1, 0.15) is 25.1 Å². The molecule has 0 spiro atoms. The quantitative estimate of drug-likeness (QED) is 0.420. The first-order chi connectivity index (χ1) is 13.6. The molecular weight excluding hydrogens is 394 g/mol. The number of benzene rings is 1. The number of hydrogen-bond acceptors (Lipinski definition) is 7. The number of aromatic nitrogens is 2. The molecule has 1 unspecified atom stereocenters. The second-order valence-electron chi connectivity index (χ2n) is 6.03. The third kappa shape index (κ3) is 4.39. The molecule has 1 amide bonds. The monoisotopic (exact) mass is 417 g/mol. The summed E-state index contributed by atoms with van der Waals surface area (Å²) in [5, 5.41) is 4.52. The Balaban J connectivity index is 1.82. The molecule has 8 heteroatoms. The highest BCUT2D eigenvalue weighted by molar-refractivity contribution is 8.00. The van der Waals surface area contributed by atoms with Gasteiger partial charge in [-0.1, -0.05) is 25.6 Å². The van der Waals surface area contributed by atoms with Crippen molar-refractivity contribution in [3.05, 3.63) is 35.5 Å². The Labute approximate surface area is 172 Å². The molecule has 0 fully saturated rings. The lowest BCUT2D eigenvalue weighted by atomic mass is 10.2. The van der Waals surface area contributed by atoms with Crippen molar-refractivity contribution in [2.24, 2.45) is 0 Å². The number of aryl methyl sites for hydroxylation is 1. The van der Waals surface area contributed by atoms with Crippen molar-refractivity contribution < 1.29 is 14.3 Å². The lowest BCUT2D eigenvalue weighted by Crippen LogP contribution is -2.25. The number of amides is 1. The van der Waals surface area contributed by atoms with Gasteiger partial charge in [-0.15, -0.1) is 11.3 Å². The summed E-state index contributed by atoms with van der Waals surface area (Å²) in [6, 6.07) is 7.44. The first-order valence-corrected chi connectivity index (χ1v) is 10.7. The van der Waals surface area contributed by atoms with E-state index >= 15 is 0 Å².